The number of hydrogen-bond donors (Lipinski definition) is 1. The third-order valence-electron chi connectivity index (χ3n) is 2.33. The van der Waals surface area contributed by atoms with Crippen molar-refractivity contribution in [3.05, 3.63) is 33.9 Å². The summed E-state index contributed by atoms with van der Waals surface area (Å²) in [6.07, 6.45) is 1.49. The molecule has 0 radical (unpaired) electrons. The molecule has 0 aliphatic heterocycles. The summed E-state index contributed by atoms with van der Waals surface area (Å²) in [5, 5.41) is 22.3. The molecule has 0 heterocycles. The van der Waals surface area contributed by atoms with Gasteiger partial charge in [-0.05, 0) is 18.6 Å². The molecular formula is C11H13N3O4S. The van der Waals surface area contributed by atoms with Crippen molar-refractivity contribution in [2.75, 3.05) is 23.9 Å². The summed E-state index contributed by atoms with van der Waals surface area (Å²) in [4.78, 5) is 10.3. The van der Waals surface area contributed by atoms with E-state index in [1.165, 1.54) is 18.2 Å². The van der Waals surface area contributed by atoms with E-state index in [0.717, 1.165) is 6.26 Å². The summed E-state index contributed by atoms with van der Waals surface area (Å²) >= 11 is 0. The van der Waals surface area contributed by atoms with Crippen LogP contribution in [-0.2, 0) is 9.84 Å². The van der Waals surface area contributed by atoms with Crippen molar-refractivity contribution in [2.45, 2.75) is 6.42 Å². The summed E-state index contributed by atoms with van der Waals surface area (Å²) in [6.45, 7) is 0.305. The molecule has 0 aliphatic carbocycles. The van der Waals surface area contributed by atoms with Crippen LogP contribution in [0.4, 0.5) is 11.4 Å². The molecule has 0 aliphatic rings. The lowest BCUT2D eigenvalue weighted by Gasteiger charge is -2.06. The van der Waals surface area contributed by atoms with E-state index in [2.05, 4.69) is 5.32 Å². The van der Waals surface area contributed by atoms with E-state index < -0.39 is 14.8 Å². The van der Waals surface area contributed by atoms with Crippen LogP contribution >= 0.6 is 0 Å². The predicted octanol–water partition coefficient (Wildman–Crippen LogP) is 1.31. The molecule has 1 aromatic carbocycles. The van der Waals surface area contributed by atoms with Gasteiger partial charge in [-0.25, -0.2) is 8.42 Å². The van der Waals surface area contributed by atoms with Crippen molar-refractivity contribution in [1.82, 2.24) is 0 Å². The number of nitro benzene ring substituents is 1. The van der Waals surface area contributed by atoms with Crippen molar-refractivity contribution in [2.24, 2.45) is 0 Å². The van der Waals surface area contributed by atoms with Crippen LogP contribution < -0.4 is 5.32 Å². The lowest BCUT2D eigenvalue weighted by Crippen LogP contribution is -2.10. The second-order valence-corrected chi connectivity index (χ2v) is 6.27. The van der Waals surface area contributed by atoms with E-state index in [4.69, 9.17) is 5.26 Å². The van der Waals surface area contributed by atoms with Gasteiger partial charge >= 0.3 is 0 Å². The summed E-state index contributed by atoms with van der Waals surface area (Å²) in [6, 6.07) is 5.91. The maximum absolute atomic E-state index is 10.9. The summed E-state index contributed by atoms with van der Waals surface area (Å²) in [5.41, 5.74) is 0.282. The van der Waals surface area contributed by atoms with E-state index in [9.17, 15) is 18.5 Å². The van der Waals surface area contributed by atoms with Gasteiger partial charge in [0.1, 0.15) is 15.5 Å². The number of benzene rings is 1. The van der Waals surface area contributed by atoms with Crippen molar-refractivity contribution >= 4 is 21.2 Å². The first-order valence-corrected chi connectivity index (χ1v) is 7.49. The molecule has 0 fully saturated rings. The van der Waals surface area contributed by atoms with Gasteiger partial charge in [0.2, 0.25) is 0 Å². The Kier molecular flexibility index (Phi) is 4.83. The Labute approximate surface area is 110 Å². The molecule has 102 valence electrons. The Balaban J connectivity index is 2.73. The summed E-state index contributed by atoms with van der Waals surface area (Å²) in [5.74, 6) is 0.0179. The van der Waals surface area contributed by atoms with Gasteiger partial charge < -0.3 is 5.32 Å². The van der Waals surface area contributed by atoms with Gasteiger partial charge in [-0.2, -0.15) is 5.26 Å². The molecule has 1 rings (SSSR count). The normalized spacial score (nSPS) is 10.7. The fourth-order valence-electron chi connectivity index (χ4n) is 1.46. The Bertz CT molecular complexity index is 619. The van der Waals surface area contributed by atoms with E-state index in [-0.39, 0.29) is 22.7 Å². The van der Waals surface area contributed by atoms with Gasteiger partial charge in [0.05, 0.1) is 22.3 Å². The molecule has 7 nitrogen and oxygen atoms in total. The Morgan fingerprint density at radius 2 is 2.16 bits per heavy atom. The lowest BCUT2D eigenvalue weighted by atomic mass is 10.2. The number of nitro groups is 1. The Morgan fingerprint density at radius 1 is 1.47 bits per heavy atom. The van der Waals surface area contributed by atoms with E-state index >= 15 is 0 Å². The molecule has 19 heavy (non-hydrogen) atoms. The Hall–Kier alpha value is -2.14. The van der Waals surface area contributed by atoms with Crippen molar-refractivity contribution in [1.29, 1.82) is 5.26 Å². The van der Waals surface area contributed by atoms with Crippen LogP contribution in [-0.4, -0.2) is 31.9 Å². The zero-order valence-electron chi connectivity index (χ0n) is 10.3. The van der Waals surface area contributed by atoms with Crippen LogP contribution in [0.3, 0.4) is 0 Å². The van der Waals surface area contributed by atoms with E-state index in [1.807, 2.05) is 6.07 Å². The van der Waals surface area contributed by atoms with Crippen LogP contribution in [0.2, 0.25) is 0 Å². The summed E-state index contributed by atoms with van der Waals surface area (Å²) < 4.78 is 21.9. The maximum Gasteiger partial charge on any atom is 0.293 e. The zero-order chi connectivity index (χ0) is 14.5. The number of anilines is 1. The highest BCUT2D eigenvalue weighted by atomic mass is 32.2. The Morgan fingerprint density at radius 3 is 2.68 bits per heavy atom. The minimum absolute atomic E-state index is 0.0179. The quantitative estimate of drug-likeness (QED) is 0.478. The third kappa shape index (κ3) is 4.93. The van der Waals surface area contributed by atoms with Crippen LogP contribution in [0.15, 0.2) is 18.2 Å². The predicted molar refractivity (Wildman–Crippen MR) is 70.6 cm³/mol. The monoisotopic (exact) mass is 283 g/mol. The van der Waals surface area contributed by atoms with E-state index in [0.29, 0.717) is 13.0 Å². The fourth-order valence-corrected chi connectivity index (χ4v) is 2.13. The minimum atomic E-state index is -3.03. The number of nitriles is 1. The number of nitrogens with one attached hydrogen (secondary N) is 1. The average Bonchev–Trinajstić information content (AvgIpc) is 2.33. The van der Waals surface area contributed by atoms with Crippen molar-refractivity contribution in [3.63, 3.8) is 0 Å². The van der Waals surface area contributed by atoms with Gasteiger partial charge in [-0.3, -0.25) is 10.1 Å². The molecule has 0 aromatic heterocycles. The number of hydrogen-bond acceptors (Lipinski definition) is 6. The highest BCUT2D eigenvalue weighted by Crippen LogP contribution is 2.25. The lowest BCUT2D eigenvalue weighted by molar-refractivity contribution is -0.384. The minimum Gasteiger partial charge on any atom is -0.379 e. The molecule has 1 aromatic rings. The molecule has 8 heteroatoms. The third-order valence-corrected chi connectivity index (χ3v) is 3.36. The molecular weight excluding hydrogens is 270 g/mol. The molecule has 0 saturated carbocycles. The topological polar surface area (TPSA) is 113 Å². The molecule has 1 N–H and O–H groups in total. The molecule has 0 amide bonds. The smallest absolute Gasteiger partial charge is 0.293 e. The SMILES string of the molecule is CS(=O)(=O)CCCNc1ccc(C#N)cc1[N+](=O)[O-]. The van der Waals surface area contributed by atoms with E-state index in [1.54, 1.807) is 0 Å². The van der Waals surface area contributed by atoms with Crippen molar-refractivity contribution in [3.8, 4) is 6.07 Å². The van der Waals surface area contributed by atoms with Crippen LogP contribution in [0.5, 0.6) is 0 Å². The van der Waals surface area contributed by atoms with Crippen LogP contribution in [0.25, 0.3) is 0 Å². The van der Waals surface area contributed by atoms with Gasteiger partial charge in [-0.1, -0.05) is 0 Å². The first-order chi connectivity index (χ1) is 8.83. The first-order valence-electron chi connectivity index (χ1n) is 5.43. The first kappa shape index (κ1) is 14.9. The largest absolute Gasteiger partial charge is 0.379 e. The molecule has 0 spiro atoms. The second-order valence-electron chi connectivity index (χ2n) is 4.01. The van der Waals surface area contributed by atoms with Crippen molar-refractivity contribution < 1.29 is 13.3 Å². The van der Waals surface area contributed by atoms with Gasteiger partial charge in [0.25, 0.3) is 5.69 Å². The zero-order valence-corrected chi connectivity index (χ0v) is 11.1. The molecule has 0 atom stereocenters. The van der Waals surface area contributed by atoms with Crippen LogP contribution in [0.1, 0.15) is 12.0 Å². The number of sulfone groups is 1. The van der Waals surface area contributed by atoms with Gasteiger partial charge in [-0.15, -0.1) is 0 Å². The molecule has 0 saturated heterocycles. The fraction of sp³-hybridized carbons (Fsp3) is 0.364. The average molecular weight is 283 g/mol. The molecule has 0 bridgehead atoms. The standard InChI is InChI=1S/C11H13N3O4S/c1-19(17,18)6-2-5-13-10-4-3-9(8-12)7-11(10)14(15)16/h3-4,7,13H,2,5-6H2,1H3. The maximum atomic E-state index is 10.9. The summed E-state index contributed by atoms with van der Waals surface area (Å²) in [7, 11) is -3.03. The van der Waals surface area contributed by atoms with Crippen LogP contribution in [0, 0.1) is 21.4 Å². The number of nitrogens with zero attached hydrogens (tertiary/aromatic N) is 2. The number of rotatable bonds is 6. The second kappa shape index (κ2) is 6.15. The highest BCUT2D eigenvalue weighted by Gasteiger charge is 2.14. The van der Waals surface area contributed by atoms with Gasteiger partial charge in [0, 0.05) is 18.9 Å². The molecule has 0 unspecified atom stereocenters. The van der Waals surface area contributed by atoms with Gasteiger partial charge in [0.15, 0.2) is 0 Å². The highest BCUT2D eigenvalue weighted by molar-refractivity contribution is 7.90.